The van der Waals surface area contributed by atoms with Crippen molar-refractivity contribution in [2.75, 3.05) is 11.9 Å². The minimum absolute atomic E-state index is 0.207. The van der Waals surface area contributed by atoms with Crippen LogP contribution in [-0.4, -0.2) is 12.3 Å². The molecule has 0 heterocycles. The lowest BCUT2D eigenvalue weighted by atomic mass is 10.1. The van der Waals surface area contributed by atoms with E-state index in [0.29, 0.717) is 18.2 Å². The van der Waals surface area contributed by atoms with Gasteiger partial charge in [-0.3, -0.25) is 4.79 Å². The Morgan fingerprint density at radius 3 is 2.32 bits per heavy atom. The van der Waals surface area contributed by atoms with E-state index in [9.17, 15) is 4.79 Å². The zero-order valence-corrected chi connectivity index (χ0v) is 10.8. The molecule has 1 fully saturated rings. The lowest BCUT2D eigenvalue weighted by Crippen LogP contribution is -2.16. The zero-order valence-electron chi connectivity index (χ0n) is 10.8. The monoisotopic (exact) mass is 251 g/mol. The molecule has 2 heteroatoms. The first-order valence-electron chi connectivity index (χ1n) is 6.71. The molecular formula is C17H17NO. The molecule has 0 spiro atoms. The molecule has 1 aliphatic carbocycles. The Morgan fingerprint density at radius 2 is 1.63 bits per heavy atom. The molecule has 2 nitrogen and oxygen atoms in total. The van der Waals surface area contributed by atoms with Crippen LogP contribution in [0, 0.1) is 5.92 Å². The third-order valence-corrected chi connectivity index (χ3v) is 3.67. The van der Waals surface area contributed by atoms with Gasteiger partial charge in [0, 0.05) is 11.6 Å². The first-order chi connectivity index (χ1) is 9.34. The Hall–Kier alpha value is -2.09. The smallest absolute Gasteiger partial charge is 0.155 e. The summed E-state index contributed by atoms with van der Waals surface area (Å²) in [6.07, 6.45) is 0.999. The van der Waals surface area contributed by atoms with Gasteiger partial charge in [-0.05, 0) is 30.0 Å². The number of carbonyl (C=O) groups is 1. The number of para-hydroxylation sites is 1. The maximum absolute atomic E-state index is 12.1. The summed E-state index contributed by atoms with van der Waals surface area (Å²) in [5.41, 5.74) is 2.30. The van der Waals surface area contributed by atoms with E-state index in [2.05, 4.69) is 17.4 Å². The van der Waals surface area contributed by atoms with E-state index in [-0.39, 0.29) is 5.92 Å². The van der Waals surface area contributed by atoms with Crippen molar-refractivity contribution < 1.29 is 4.79 Å². The highest BCUT2D eigenvalue weighted by molar-refractivity contribution is 5.88. The summed E-state index contributed by atoms with van der Waals surface area (Å²) in [7, 11) is 0. The number of ketones is 1. The van der Waals surface area contributed by atoms with Crippen LogP contribution in [0.4, 0.5) is 5.69 Å². The van der Waals surface area contributed by atoms with Gasteiger partial charge < -0.3 is 5.32 Å². The maximum atomic E-state index is 12.1. The van der Waals surface area contributed by atoms with E-state index in [1.165, 1.54) is 5.56 Å². The molecule has 0 saturated heterocycles. The van der Waals surface area contributed by atoms with Crippen LogP contribution in [0.1, 0.15) is 17.9 Å². The van der Waals surface area contributed by atoms with Crippen molar-refractivity contribution in [1.82, 2.24) is 0 Å². The Balaban J connectivity index is 1.53. The molecule has 2 atom stereocenters. The molecule has 0 amide bonds. The fourth-order valence-electron chi connectivity index (χ4n) is 2.50. The molecule has 1 aliphatic rings. The first kappa shape index (κ1) is 12.0. The number of hydrogen-bond donors (Lipinski definition) is 1. The van der Waals surface area contributed by atoms with E-state index >= 15 is 0 Å². The van der Waals surface area contributed by atoms with Crippen LogP contribution in [0.2, 0.25) is 0 Å². The Bertz CT molecular complexity index is 550. The fraction of sp³-hybridized carbons (Fsp3) is 0.235. The van der Waals surface area contributed by atoms with Crippen LogP contribution in [0.3, 0.4) is 0 Å². The van der Waals surface area contributed by atoms with Crippen molar-refractivity contribution in [2.24, 2.45) is 5.92 Å². The van der Waals surface area contributed by atoms with Crippen LogP contribution in [0.15, 0.2) is 60.7 Å². The first-order valence-corrected chi connectivity index (χ1v) is 6.71. The van der Waals surface area contributed by atoms with Crippen LogP contribution in [-0.2, 0) is 4.79 Å². The Morgan fingerprint density at radius 1 is 1.00 bits per heavy atom. The van der Waals surface area contributed by atoms with Crippen molar-refractivity contribution >= 4 is 11.5 Å². The molecule has 1 saturated carbocycles. The van der Waals surface area contributed by atoms with E-state index in [1.807, 2.05) is 48.5 Å². The van der Waals surface area contributed by atoms with Crippen molar-refractivity contribution in [3.8, 4) is 0 Å². The molecule has 1 N–H and O–H groups in total. The second-order valence-corrected chi connectivity index (χ2v) is 5.05. The predicted molar refractivity (Wildman–Crippen MR) is 77.2 cm³/mol. The summed E-state index contributed by atoms with van der Waals surface area (Å²) >= 11 is 0. The van der Waals surface area contributed by atoms with Crippen LogP contribution < -0.4 is 5.32 Å². The van der Waals surface area contributed by atoms with E-state index < -0.39 is 0 Å². The standard InChI is InChI=1S/C17H17NO/c19-17(12-18-14-9-5-2-6-10-14)16-11-15(16)13-7-3-1-4-8-13/h1-10,15-16,18H,11-12H2. The molecule has 3 rings (SSSR count). The SMILES string of the molecule is O=C(CNc1ccccc1)C1CC1c1ccccc1. The highest BCUT2D eigenvalue weighted by atomic mass is 16.1. The highest BCUT2D eigenvalue weighted by Gasteiger charge is 2.43. The summed E-state index contributed by atoms with van der Waals surface area (Å²) in [4.78, 5) is 12.1. The second kappa shape index (κ2) is 5.27. The molecule has 0 aromatic heterocycles. The maximum Gasteiger partial charge on any atom is 0.155 e. The van der Waals surface area contributed by atoms with Gasteiger partial charge in [-0.1, -0.05) is 48.5 Å². The molecule has 0 aliphatic heterocycles. The molecule has 96 valence electrons. The molecule has 2 unspecified atom stereocenters. The lowest BCUT2D eigenvalue weighted by Gasteiger charge is -2.05. The topological polar surface area (TPSA) is 29.1 Å². The van der Waals surface area contributed by atoms with Crippen LogP contribution in [0.5, 0.6) is 0 Å². The summed E-state index contributed by atoms with van der Waals surface area (Å²) < 4.78 is 0. The number of nitrogens with one attached hydrogen (secondary N) is 1. The van der Waals surface area contributed by atoms with Crippen molar-refractivity contribution in [3.05, 3.63) is 66.2 Å². The van der Waals surface area contributed by atoms with Crippen molar-refractivity contribution in [2.45, 2.75) is 12.3 Å². The summed E-state index contributed by atoms with van der Waals surface area (Å²) in [6, 6.07) is 20.2. The average Bonchev–Trinajstić information content (AvgIpc) is 3.27. The lowest BCUT2D eigenvalue weighted by molar-refractivity contribution is -0.118. The van der Waals surface area contributed by atoms with Gasteiger partial charge in [-0.2, -0.15) is 0 Å². The summed E-state index contributed by atoms with van der Waals surface area (Å²) in [5, 5.41) is 3.19. The van der Waals surface area contributed by atoms with Crippen LogP contribution in [0.25, 0.3) is 0 Å². The normalized spacial score (nSPS) is 20.8. The highest BCUT2D eigenvalue weighted by Crippen LogP contribution is 2.47. The quantitative estimate of drug-likeness (QED) is 0.881. The van der Waals surface area contributed by atoms with Crippen LogP contribution >= 0.6 is 0 Å². The number of hydrogen-bond acceptors (Lipinski definition) is 2. The Labute approximate surface area is 113 Å². The largest absolute Gasteiger partial charge is 0.378 e. The Kier molecular flexibility index (Phi) is 3.32. The third kappa shape index (κ3) is 2.84. The van der Waals surface area contributed by atoms with Crippen molar-refractivity contribution in [3.63, 3.8) is 0 Å². The molecule has 2 aromatic carbocycles. The number of Topliss-reactive ketones (excluding diaryl/α,β-unsaturated/α-hetero) is 1. The van der Waals surface area contributed by atoms with Gasteiger partial charge in [-0.15, -0.1) is 0 Å². The van der Waals surface area contributed by atoms with Gasteiger partial charge in [0.25, 0.3) is 0 Å². The second-order valence-electron chi connectivity index (χ2n) is 5.05. The predicted octanol–water partition coefficient (Wildman–Crippen LogP) is 3.47. The molecular weight excluding hydrogens is 234 g/mol. The summed E-state index contributed by atoms with van der Waals surface area (Å²) in [5.74, 6) is 0.961. The van der Waals surface area contributed by atoms with Gasteiger partial charge >= 0.3 is 0 Å². The summed E-state index contributed by atoms with van der Waals surface area (Å²) in [6.45, 7) is 0.429. The third-order valence-electron chi connectivity index (χ3n) is 3.67. The minimum atomic E-state index is 0.207. The number of benzene rings is 2. The van der Waals surface area contributed by atoms with E-state index in [4.69, 9.17) is 0 Å². The zero-order chi connectivity index (χ0) is 13.1. The molecule has 0 radical (unpaired) electrons. The average molecular weight is 251 g/mol. The van der Waals surface area contributed by atoms with E-state index in [0.717, 1.165) is 12.1 Å². The molecule has 0 bridgehead atoms. The number of anilines is 1. The minimum Gasteiger partial charge on any atom is -0.378 e. The van der Waals surface area contributed by atoms with Crippen molar-refractivity contribution in [1.29, 1.82) is 0 Å². The molecule has 19 heavy (non-hydrogen) atoms. The molecule has 2 aromatic rings. The van der Waals surface area contributed by atoms with Gasteiger partial charge in [0.15, 0.2) is 5.78 Å². The number of carbonyl (C=O) groups excluding carboxylic acids is 1. The fourth-order valence-corrected chi connectivity index (χ4v) is 2.50. The van der Waals surface area contributed by atoms with Gasteiger partial charge in [0.2, 0.25) is 0 Å². The van der Waals surface area contributed by atoms with Gasteiger partial charge in [0.1, 0.15) is 0 Å². The van der Waals surface area contributed by atoms with E-state index in [1.54, 1.807) is 0 Å². The van der Waals surface area contributed by atoms with Gasteiger partial charge in [0.05, 0.1) is 6.54 Å². The number of rotatable bonds is 5. The van der Waals surface area contributed by atoms with Gasteiger partial charge in [-0.25, -0.2) is 0 Å².